The Bertz CT molecular complexity index is 1550. The molecule has 0 spiro atoms. The molecule has 0 bridgehead atoms. The van der Waals surface area contributed by atoms with E-state index in [-0.39, 0.29) is 16.1 Å². The van der Waals surface area contributed by atoms with Crippen LogP contribution in [-0.4, -0.2) is 33.1 Å². The summed E-state index contributed by atoms with van der Waals surface area (Å²) in [4.78, 5) is 17.8. The number of anilines is 1. The maximum Gasteiger partial charge on any atom is 0.279 e. The van der Waals surface area contributed by atoms with E-state index in [1.165, 1.54) is 36.6 Å². The minimum atomic E-state index is -3.84. The zero-order valence-corrected chi connectivity index (χ0v) is 20.7. The third kappa shape index (κ3) is 4.55. The van der Waals surface area contributed by atoms with Crippen molar-refractivity contribution in [3.05, 3.63) is 76.6 Å². The molecule has 1 N–H and O–H groups in total. The first kappa shape index (κ1) is 23.5. The lowest BCUT2D eigenvalue weighted by molar-refractivity contribution is 0.0998. The first-order valence-corrected chi connectivity index (χ1v) is 12.5. The number of thiazole rings is 1. The molecule has 1 aromatic heterocycles. The molecule has 4 rings (SSSR count). The van der Waals surface area contributed by atoms with Crippen LogP contribution in [0.25, 0.3) is 10.2 Å². The standard InChI is InChI=1S/C24H23N3O5S2/c1-15-8-13-20(32-4)21-22(15)33-24(27(21)2)25-23(28)16-6-5-7-17(14-16)26-34(29,30)19-11-9-18(31-3)10-12-19/h5-14,26H,1-4H3. The van der Waals surface area contributed by atoms with Crippen LogP contribution < -0.4 is 19.0 Å². The zero-order chi connectivity index (χ0) is 24.5. The van der Waals surface area contributed by atoms with E-state index in [2.05, 4.69) is 9.71 Å². The molecule has 1 heterocycles. The van der Waals surface area contributed by atoms with Gasteiger partial charge in [0.15, 0.2) is 4.80 Å². The number of benzene rings is 3. The Morgan fingerprint density at radius 2 is 1.76 bits per heavy atom. The number of hydrogen-bond acceptors (Lipinski definition) is 6. The van der Waals surface area contributed by atoms with E-state index in [9.17, 15) is 13.2 Å². The van der Waals surface area contributed by atoms with Gasteiger partial charge in [0.25, 0.3) is 15.9 Å². The van der Waals surface area contributed by atoms with Crippen molar-refractivity contribution >= 4 is 43.2 Å². The minimum Gasteiger partial charge on any atom is -0.497 e. The molecule has 176 valence electrons. The molecular weight excluding hydrogens is 474 g/mol. The quantitative estimate of drug-likeness (QED) is 0.432. The van der Waals surface area contributed by atoms with Gasteiger partial charge in [0.1, 0.15) is 17.0 Å². The fraction of sp³-hybridized carbons (Fsp3) is 0.167. The summed E-state index contributed by atoms with van der Waals surface area (Å²) in [7, 11) is 1.09. The van der Waals surface area contributed by atoms with Gasteiger partial charge in [-0.15, -0.1) is 0 Å². The SMILES string of the molecule is COc1ccc(S(=O)(=O)Nc2cccc(C(=O)N=c3sc4c(C)ccc(OC)c4n3C)c2)cc1. The lowest BCUT2D eigenvalue weighted by Gasteiger charge is -2.09. The Morgan fingerprint density at radius 1 is 1.03 bits per heavy atom. The van der Waals surface area contributed by atoms with Crippen LogP contribution in [0.4, 0.5) is 5.69 Å². The summed E-state index contributed by atoms with van der Waals surface area (Å²) < 4.78 is 41.3. The average Bonchev–Trinajstić information content (AvgIpc) is 3.16. The lowest BCUT2D eigenvalue weighted by Crippen LogP contribution is -2.15. The Kier molecular flexibility index (Phi) is 6.45. The number of carbonyl (C=O) groups excluding carboxylic acids is 1. The van der Waals surface area contributed by atoms with Gasteiger partial charge in [-0.2, -0.15) is 4.99 Å². The van der Waals surface area contributed by atoms with Crippen LogP contribution in [0.1, 0.15) is 15.9 Å². The second-order valence-corrected chi connectivity index (χ2v) is 10.1. The smallest absolute Gasteiger partial charge is 0.279 e. The highest BCUT2D eigenvalue weighted by atomic mass is 32.2. The molecule has 1 amide bonds. The van der Waals surface area contributed by atoms with Gasteiger partial charge in [-0.1, -0.05) is 23.5 Å². The van der Waals surface area contributed by atoms with E-state index < -0.39 is 15.9 Å². The van der Waals surface area contributed by atoms with Crippen molar-refractivity contribution in [2.45, 2.75) is 11.8 Å². The second-order valence-electron chi connectivity index (χ2n) is 7.48. The predicted octanol–water partition coefficient (Wildman–Crippen LogP) is 4.11. The summed E-state index contributed by atoms with van der Waals surface area (Å²) in [5.74, 6) is 0.767. The number of fused-ring (bicyclic) bond motifs is 1. The summed E-state index contributed by atoms with van der Waals surface area (Å²) in [5, 5.41) is 0. The number of rotatable bonds is 6. The molecule has 0 saturated carbocycles. The molecule has 34 heavy (non-hydrogen) atoms. The van der Waals surface area contributed by atoms with Crippen molar-refractivity contribution < 1.29 is 22.7 Å². The topological polar surface area (TPSA) is 99.0 Å². The molecule has 0 aliphatic rings. The Labute approximate surface area is 201 Å². The van der Waals surface area contributed by atoms with Gasteiger partial charge in [-0.3, -0.25) is 9.52 Å². The summed E-state index contributed by atoms with van der Waals surface area (Å²) in [6.07, 6.45) is 0. The summed E-state index contributed by atoms with van der Waals surface area (Å²) >= 11 is 1.39. The molecule has 0 atom stereocenters. The van der Waals surface area contributed by atoms with Crippen LogP contribution >= 0.6 is 11.3 Å². The lowest BCUT2D eigenvalue weighted by atomic mass is 10.2. The van der Waals surface area contributed by atoms with Crippen LogP contribution in [-0.2, 0) is 17.1 Å². The number of aryl methyl sites for hydroxylation is 2. The second kappa shape index (κ2) is 9.32. The van der Waals surface area contributed by atoms with Crippen molar-refractivity contribution in [2.75, 3.05) is 18.9 Å². The van der Waals surface area contributed by atoms with E-state index in [1.54, 1.807) is 37.4 Å². The van der Waals surface area contributed by atoms with Crippen LogP contribution in [0.15, 0.2) is 70.6 Å². The van der Waals surface area contributed by atoms with Crippen molar-refractivity contribution in [3.8, 4) is 11.5 Å². The third-order valence-electron chi connectivity index (χ3n) is 5.26. The van der Waals surface area contributed by atoms with E-state index in [0.29, 0.717) is 16.3 Å². The normalized spacial score (nSPS) is 12.1. The van der Waals surface area contributed by atoms with Crippen LogP contribution in [0.5, 0.6) is 11.5 Å². The fourth-order valence-electron chi connectivity index (χ4n) is 3.45. The Hall–Kier alpha value is -3.63. The van der Waals surface area contributed by atoms with Crippen molar-refractivity contribution in [3.63, 3.8) is 0 Å². The highest BCUT2D eigenvalue weighted by Gasteiger charge is 2.16. The van der Waals surface area contributed by atoms with Gasteiger partial charge in [-0.05, 0) is 61.0 Å². The van der Waals surface area contributed by atoms with Gasteiger partial charge in [-0.25, -0.2) is 8.42 Å². The molecule has 0 aliphatic carbocycles. The maximum atomic E-state index is 12.9. The van der Waals surface area contributed by atoms with Gasteiger partial charge in [0.2, 0.25) is 0 Å². The average molecular weight is 498 g/mol. The van der Waals surface area contributed by atoms with E-state index in [1.807, 2.05) is 30.7 Å². The van der Waals surface area contributed by atoms with Crippen molar-refractivity contribution in [2.24, 2.45) is 12.0 Å². The number of nitrogens with one attached hydrogen (secondary N) is 1. The Morgan fingerprint density at radius 3 is 2.44 bits per heavy atom. The number of amides is 1. The molecule has 10 heteroatoms. The van der Waals surface area contributed by atoms with Crippen LogP contribution in [0.3, 0.4) is 0 Å². The minimum absolute atomic E-state index is 0.0799. The van der Waals surface area contributed by atoms with Gasteiger partial charge in [0, 0.05) is 18.3 Å². The molecule has 8 nitrogen and oxygen atoms in total. The molecule has 0 radical (unpaired) electrons. The third-order valence-corrected chi connectivity index (χ3v) is 7.92. The number of nitrogens with zero attached hydrogens (tertiary/aromatic N) is 2. The maximum absolute atomic E-state index is 12.9. The molecule has 4 aromatic rings. The van der Waals surface area contributed by atoms with Crippen LogP contribution in [0, 0.1) is 6.92 Å². The van der Waals surface area contributed by atoms with E-state index in [4.69, 9.17) is 9.47 Å². The molecule has 0 aliphatic heterocycles. The Balaban J connectivity index is 1.65. The van der Waals surface area contributed by atoms with Gasteiger partial charge < -0.3 is 14.0 Å². The summed E-state index contributed by atoms with van der Waals surface area (Å²) in [5.41, 5.74) is 2.44. The van der Waals surface area contributed by atoms with Gasteiger partial charge >= 0.3 is 0 Å². The van der Waals surface area contributed by atoms with Crippen LogP contribution in [0.2, 0.25) is 0 Å². The molecule has 0 fully saturated rings. The monoisotopic (exact) mass is 497 g/mol. The van der Waals surface area contributed by atoms with E-state index >= 15 is 0 Å². The summed E-state index contributed by atoms with van der Waals surface area (Å²) in [6.45, 7) is 1.99. The van der Waals surface area contributed by atoms with Crippen molar-refractivity contribution in [1.29, 1.82) is 0 Å². The molecule has 0 saturated heterocycles. The number of ether oxygens (including phenoxy) is 2. The molecule has 0 unspecified atom stereocenters. The fourth-order valence-corrected chi connectivity index (χ4v) is 5.61. The number of methoxy groups -OCH3 is 2. The number of sulfonamides is 1. The van der Waals surface area contributed by atoms with Gasteiger partial charge in [0.05, 0.1) is 23.8 Å². The summed E-state index contributed by atoms with van der Waals surface area (Å²) in [6, 6.07) is 16.1. The largest absolute Gasteiger partial charge is 0.497 e. The van der Waals surface area contributed by atoms with Crippen molar-refractivity contribution in [1.82, 2.24) is 4.57 Å². The molecule has 3 aromatic carbocycles. The molecular formula is C24H23N3O5S2. The predicted molar refractivity (Wildman–Crippen MR) is 132 cm³/mol. The highest BCUT2D eigenvalue weighted by Crippen LogP contribution is 2.29. The first-order valence-electron chi connectivity index (χ1n) is 10.2. The number of carbonyl (C=O) groups is 1. The highest BCUT2D eigenvalue weighted by molar-refractivity contribution is 7.92. The first-order chi connectivity index (χ1) is 16.2. The zero-order valence-electron chi connectivity index (χ0n) is 19.0. The number of aromatic nitrogens is 1. The number of hydrogen-bond donors (Lipinski definition) is 1. The van der Waals surface area contributed by atoms with E-state index in [0.717, 1.165) is 15.8 Å².